The number of carbonyl (C=O) groups is 1. The highest BCUT2D eigenvalue weighted by Gasteiger charge is 2.51. The predicted octanol–water partition coefficient (Wildman–Crippen LogP) is 6.44. The maximum Gasteiger partial charge on any atom is 0.264 e. The van der Waals surface area contributed by atoms with Gasteiger partial charge in [0.2, 0.25) is 10.0 Å². The third-order valence-electron chi connectivity index (χ3n) is 12.4. The van der Waals surface area contributed by atoms with Crippen LogP contribution in [0.3, 0.4) is 0 Å². The lowest BCUT2D eigenvalue weighted by Gasteiger charge is -2.58. The van der Waals surface area contributed by atoms with Gasteiger partial charge in [0, 0.05) is 48.6 Å². The highest BCUT2D eigenvalue weighted by atomic mass is 35.5. The molecule has 1 N–H and O–H groups in total. The Labute approximate surface area is 314 Å². The molecule has 2 aromatic rings. The minimum atomic E-state index is -3.86. The summed E-state index contributed by atoms with van der Waals surface area (Å²) < 4.78 is 53.4. The van der Waals surface area contributed by atoms with Crippen molar-refractivity contribution in [2.45, 2.75) is 96.3 Å². The van der Waals surface area contributed by atoms with Crippen LogP contribution >= 0.6 is 11.6 Å². The highest BCUT2D eigenvalue weighted by Crippen LogP contribution is 2.43. The van der Waals surface area contributed by atoms with Gasteiger partial charge in [0.25, 0.3) is 5.91 Å². The Hall–Kier alpha value is -2.41. The molecule has 1 saturated carbocycles. The van der Waals surface area contributed by atoms with E-state index in [1.54, 1.807) is 13.0 Å². The van der Waals surface area contributed by atoms with Crippen molar-refractivity contribution in [1.82, 2.24) is 9.62 Å². The number of nitrogens with one attached hydrogen (secondary N) is 1. The Morgan fingerprint density at radius 2 is 1.79 bits per heavy atom. The number of hydrogen-bond acceptors (Lipinski definition) is 9. The summed E-state index contributed by atoms with van der Waals surface area (Å²) in [5.41, 5.74) is 3.78. The van der Waals surface area contributed by atoms with Crippen molar-refractivity contribution >= 4 is 33.2 Å². The van der Waals surface area contributed by atoms with E-state index in [1.807, 2.05) is 44.2 Å². The van der Waals surface area contributed by atoms with E-state index in [2.05, 4.69) is 14.5 Å². The molecule has 52 heavy (non-hydrogen) atoms. The summed E-state index contributed by atoms with van der Waals surface area (Å²) in [6.07, 6.45) is 7.41. The molecule has 0 radical (unpaired) electrons. The van der Waals surface area contributed by atoms with Gasteiger partial charge in [-0.25, -0.2) is 13.1 Å². The molecule has 1 spiro atoms. The van der Waals surface area contributed by atoms with Crippen LogP contribution in [0.15, 0.2) is 36.4 Å². The first-order chi connectivity index (χ1) is 25.0. The number of carbonyl (C=O) groups excluding carboxylic acids is 1. The van der Waals surface area contributed by atoms with E-state index in [4.69, 9.17) is 30.5 Å². The lowest BCUT2D eigenvalue weighted by Crippen LogP contribution is -2.69. The molecule has 0 bridgehead atoms. The minimum Gasteiger partial charge on any atom is -0.487 e. The molecule has 286 valence electrons. The number of fused-ring (bicyclic) bond motifs is 2. The van der Waals surface area contributed by atoms with Crippen LogP contribution in [0.1, 0.15) is 87.2 Å². The van der Waals surface area contributed by atoms with Crippen molar-refractivity contribution in [2.75, 3.05) is 57.5 Å². The number of hydrogen-bond donors (Lipinski definition) is 1. The quantitative estimate of drug-likeness (QED) is 0.278. The second-order valence-electron chi connectivity index (χ2n) is 16.2. The van der Waals surface area contributed by atoms with Crippen LogP contribution in [0.2, 0.25) is 5.02 Å². The van der Waals surface area contributed by atoms with Crippen molar-refractivity contribution in [3.8, 4) is 5.75 Å². The second-order valence-corrected chi connectivity index (χ2v) is 18.7. The first-order valence-corrected chi connectivity index (χ1v) is 21.3. The van der Waals surface area contributed by atoms with Gasteiger partial charge in [0.1, 0.15) is 12.4 Å². The molecular weight excluding hydrogens is 702 g/mol. The average Bonchev–Trinajstić information content (AvgIpc) is 3.11. The number of amides is 1. The normalized spacial score (nSPS) is 27.3. The zero-order valence-electron chi connectivity index (χ0n) is 31.0. The fraction of sp³-hybridized carbons (Fsp3) is 0.675. The molecular formula is C40H56ClN3O7S. The smallest absolute Gasteiger partial charge is 0.264 e. The molecule has 2 aromatic carbocycles. The molecule has 4 aliphatic heterocycles. The molecule has 3 saturated heterocycles. The average molecular weight is 758 g/mol. The molecule has 12 heteroatoms. The van der Waals surface area contributed by atoms with Gasteiger partial charge in [-0.2, -0.15) is 0 Å². The molecule has 1 aliphatic carbocycles. The van der Waals surface area contributed by atoms with Crippen molar-refractivity contribution < 1.29 is 32.2 Å². The Morgan fingerprint density at radius 1 is 1.02 bits per heavy atom. The highest BCUT2D eigenvalue weighted by molar-refractivity contribution is 7.90. The lowest BCUT2D eigenvalue weighted by atomic mass is 9.71. The van der Waals surface area contributed by atoms with Crippen LogP contribution in [-0.4, -0.2) is 89.4 Å². The van der Waals surface area contributed by atoms with Crippen LogP contribution in [0.25, 0.3) is 0 Å². The van der Waals surface area contributed by atoms with Gasteiger partial charge in [-0.05, 0) is 105 Å². The summed E-state index contributed by atoms with van der Waals surface area (Å²) in [7, 11) is -3.86. The van der Waals surface area contributed by atoms with Crippen LogP contribution in [0.5, 0.6) is 5.75 Å². The van der Waals surface area contributed by atoms with E-state index in [0.717, 1.165) is 107 Å². The summed E-state index contributed by atoms with van der Waals surface area (Å²) in [6.45, 7) is 12.9. The minimum absolute atomic E-state index is 0.0684. The first-order valence-electron chi connectivity index (χ1n) is 19.4. The van der Waals surface area contributed by atoms with Crippen molar-refractivity contribution in [2.24, 2.45) is 23.2 Å². The number of halogens is 1. The maximum absolute atomic E-state index is 13.6. The fourth-order valence-corrected chi connectivity index (χ4v) is 10.1. The predicted molar refractivity (Wildman–Crippen MR) is 202 cm³/mol. The van der Waals surface area contributed by atoms with E-state index < -0.39 is 21.2 Å². The Balaban J connectivity index is 1.05. The van der Waals surface area contributed by atoms with Crippen LogP contribution in [0, 0.1) is 23.2 Å². The van der Waals surface area contributed by atoms with Gasteiger partial charge in [0.15, 0.2) is 6.29 Å². The van der Waals surface area contributed by atoms with Crippen LogP contribution < -0.4 is 14.4 Å². The standard InChI is InChI=1S/C40H56ClN3O7S/c1-4-7-27(2)28(3)52(46,47)42-39(45)31-12-14-37-36(17-31)43(15-6-5-8-29-16-34(41)13-11-33(29)20-49-37)19-32-10-9-30(32)18-38-50-21-35(22-51-38)44-23-40(24-44)25-48-26-40/h11-14,16-17,27-28,30,32,35,38H,4-10,15,18-26H2,1-3H3,(H,42,45)/t27-,28+,30-,32-,35-,38+/m0/s1. The van der Waals surface area contributed by atoms with Crippen LogP contribution in [-0.2, 0) is 37.3 Å². The molecule has 4 heterocycles. The topological polar surface area (TPSA) is 107 Å². The van der Waals surface area contributed by atoms with Gasteiger partial charge in [-0.3, -0.25) is 9.69 Å². The monoisotopic (exact) mass is 757 g/mol. The summed E-state index contributed by atoms with van der Waals surface area (Å²) in [5.74, 6) is 0.897. The molecule has 4 atom stereocenters. The number of rotatable bonds is 11. The maximum atomic E-state index is 13.6. The van der Waals surface area contributed by atoms with Gasteiger partial charge in [-0.1, -0.05) is 37.9 Å². The first kappa shape index (κ1) is 37.9. The number of sulfonamides is 1. The van der Waals surface area contributed by atoms with Gasteiger partial charge < -0.3 is 23.8 Å². The Kier molecular flexibility index (Phi) is 11.8. The van der Waals surface area contributed by atoms with E-state index in [0.29, 0.717) is 54.4 Å². The van der Waals surface area contributed by atoms with Gasteiger partial charge in [0.05, 0.1) is 43.4 Å². The second kappa shape index (κ2) is 16.1. The molecule has 7 rings (SSSR count). The molecule has 4 fully saturated rings. The third kappa shape index (κ3) is 8.45. The summed E-state index contributed by atoms with van der Waals surface area (Å²) in [5, 5.41) is 0.0313. The number of likely N-dealkylation sites (tertiary alicyclic amines) is 1. The molecule has 5 aliphatic rings. The number of aryl methyl sites for hydroxylation is 1. The number of anilines is 1. The fourth-order valence-electron chi connectivity index (χ4n) is 8.60. The Morgan fingerprint density at radius 3 is 2.48 bits per heavy atom. The summed E-state index contributed by atoms with van der Waals surface area (Å²) in [6, 6.07) is 11.6. The van der Waals surface area contributed by atoms with Crippen molar-refractivity contribution in [1.29, 1.82) is 0 Å². The molecule has 0 aromatic heterocycles. The van der Waals surface area contributed by atoms with E-state index >= 15 is 0 Å². The van der Waals surface area contributed by atoms with Crippen molar-refractivity contribution in [3.05, 3.63) is 58.1 Å². The summed E-state index contributed by atoms with van der Waals surface area (Å²) in [4.78, 5) is 18.4. The lowest BCUT2D eigenvalue weighted by molar-refractivity contribution is -0.252. The summed E-state index contributed by atoms with van der Waals surface area (Å²) >= 11 is 6.38. The van der Waals surface area contributed by atoms with Gasteiger partial charge >= 0.3 is 0 Å². The largest absolute Gasteiger partial charge is 0.487 e. The zero-order chi connectivity index (χ0) is 36.5. The molecule has 1 amide bonds. The number of benzene rings is 2. The molecule has 10 nitrogen and oxygen atoms in total. The van der Waals surface area contributed by atoms with E-state index in [1.165, 1.54) is 5.56 Å². The SMILES string of the molecule is CCC[C@H](C)[C@@H](C)S(=O)(=O)NC(=O)c1ccc2c(c1)N(C[C@@H]1CC[C@H]1C[C@H]1OC[C@@H](N3CC4(COC4)C3)CO1)CCCCc1cc(Cl)ccc1CO2. The number of nitrogens with zero attached hydrogens (tertiary/aromatic N) is 2. The van der Waals surface area contributed by atoms with Crippen LogP contribution in [0.4, 0.5) is 5.69 Å². The van der Waals surface area contributed by atoms with E-state index in [-0.39, 0.29) is 12.2 Å². The third-order valence-corrected chi connectivity index (χ3v) is 14.5. The zero-order valence-corrected chi connectivity index (χ0v) is 32.6. The Bertz CT molecular complexity index is 1670. The number of ether oxygens (including phenoxy) is 4. The van der Waals surface area contributed by atoms with Crippen molar-refractivity contribution in [3.63, 3.8) is 0 Å². The molecule has 0 unspecified atom stereocenters. The van der Waals surface area contributed by atoms with Gasteiger partial charge in [-0.15, -0.1) is 0 Å². The van der Waals surface area contributed by atoms with E-state index in [9.17, 15) is 13.2 Å².